The number of anilines is 1. The van der Waals surface area contributed by atoms with Gasteiger partial charge in [0.1, 0.15) is 11.4 Å². The van der Waals surface area contributed by atoms with Crippen LogP contribution in [0.1, 0.15) is 16.1 Å². The van der Waals surface area contributed by atoms with Gasteiger partial charge in [0.2, 0.25) is 0 Å². The van der Waals surface area contributed by atoms with Crippen LogP contribution in [0.15, 0.2) is 24.3 Å². The molecule has 0 spiro atoms. The molecule has 0 fully saturated rings. The standard InChI is InChI=1S/C13H7F5N2O2/c14-7-9(19)8(15)11(12(21)22)20-10(7)5-1-3-6(4-2-5)13(16,17)18/h1-4H,(H2,19,20)(H,21,22). The van der Waals surface area contributed by atoms with Gasteiger partial charge >= 0.3 is 12.1 Å². The summed E-state index contributed by atoms with van der Waals surface area (Å²) in [7, 11) is 0. The highest BCUT2D eigenvalue weighted by atomic mass is 19.4. The number of rotatable bonds is 2. The Kier molecular flexibility index (Phi) is 3.74. The summed E-state index contributed by atoms with van der Waals surface area (Å²) in [5.74, 6) is -4.67. The van der Waals surface area contributed by atoms with Crippen LogP contribution in [0.3, 0.4) is 0 Å². The van der Waals surface area contributed by atoms with Gasteiger partial charge in [-0.2, -0.15) is 13.2 Å². The predicted octanol–water partition coefficient (Wildman–Crippen LogP) is 3.33. The van der Waals surface area contributed by atoms with Crippen LogP contribution < -0.4 is 5.73 Å². The van der Waals surface area contributed by atoms with Gasteiger partial charge in [-0.05, 0) is 12.1 Å². The molecule has 9 heteroatoms. The maximum Gasteiger partial charge on any atom is 0.416 e. The summed E-state index contributed by atoms with van der Waals surface area (Å²) in [6.07, 6.45) is -4.58. The van der Waals surface area contributed by atoms with Crippen LogP contribution in [0.2, 0.25) is 0 Å². The van der Waals surface area contributed by atoms with Crippen molar-refractivity contribution in [3.05, 3.63) is 47.2 Å². The van der Waals surface area contributed by atoms with Gasteiger partial charge in [-0.15, -0.1) is 0 Å². The van der Waals surface area contributed by atoms with Crippen LogP contribution in [-0.2, 0) is 6.18 Å². The van der Waals surface area contributed by atoms with Crippen molar-refractivity contribution in [2.24, 2.45) is 0 Å². The van der Waals surface area contributed by atoms with E-state index in [1.165, 1.54) is 0 Å². The van der Waals surface area contributed by atoms with E-state index in [0.29, 0.717) is 12.1 Å². The van der Waals surface area contributed by atoms with E-state index in [9.17, 15) is 26.7 Å². The number of nitrogens with two attached hydrogens (primary N) is 1. The Balaban J connectivity index is 2.60. The molecular formula is C13H7F5N2O2. The number of carboxylic acid groups (broad SMARTS) is 1. The molecule has 0 atom stereocenters. The van der Waals surface area contributed by atoms with Crippen molar-refractivity contribution in [3.63, 3.8) is 0 Å². The molecular weight excluding hydrogens is 311 g/mol. The number of nitrogen functional groups attached to an aromatic ring is 1. The van der Waals surface area contributed by atoms with E-state index in [4.69, 9.17) is 10.8 Å². The van der Waals surface area contributed by atoms with Crippen LogP contribution in [0.4, 0.5) is 27.6 Å². The lowest BCUT2D eigenvalue weighted by Gasteiger charge is -2.10. The number of benzene rings is 1. The Morgan fingerprint density at radius 3 is 2.09 bits per heavy atom. The maximum absolute atomic E-state index is 13.9. The van der Waals surface area contributed by atoms with Gasteiger partial charge in [0.05, 0.1) is 5.56 Å². The number of alkyl halides is 3. The smallest absolute Gasteiger partial charge is 0.416 e. The zero-order valence-electron chi connectivity index (χ0n) is 10.6. The third-order valence-electron chi connectivity index (χ3n) is 2.80. The molecule has 1 aromatic heterocycles. The van der Waals surface area contributed by atoms with E-state index < -0.39 is 46.4 Å². The van der Waals surface area contributed by atoms with Crippen LogP contribution in [-0.4, -0.2) is 16.1 Å². The molecule has 4 nitrogen and oxygen atoms in total. The lowest BCUT2D eigenvalue weighted by atomic mass is 10.1. The molecule has 0 amide bonds. The molecule has 0 radical (unpaired) electrons. The summed E-state index contributed by atoms with van der Waals surface area (Å²) < 4.78 is 64.7. The number of aromatic nitrogens is 1. The maximum atomic E-state index is 13.9. The van der Waals surface area contributed by atoms with E-state index in [1.54, 1.807) is 0 Å². The number of aromatic carboxylic acids is 1. The SMILES string of the molecule is Nc1c(F)c(C(=O)O)nc(-c2ccc(C(F)(F)F)cc2)c1F. The largest absolute Gasteiger partial charge is 0.476 e. The fourth-order valence-corrected chi connectivity index (χ4v) is 1.71. The van der Waals surface area contributed by atoms with Crippen molar-refractivity contribution in [1.29, 1.82) is 0 Å². The number of carboxylic acids is 1. The highest BCUT2D eigenvalue weighted by Crippen LogP contribution is 2.32. The number of nitrogens with zero attached hydrogens (tertiary/aromatic N) is 1. The van der Waals surface area contributed by atoms with Gasteiger partial charge in [0.15, 0.2) is 17.3 Å². The van der Waals surface area contributed by atoms with Crippen LogP contribution in [0.25, 0.3) is 11.3 Å². The van der Waals surface area contributed by atoms with Crippen molar-refractivity contribution < 1.29 is 31.9 Å². The second kappa shape index (κ2) is 5.24. The van der Waals surface area contributed by atoms with E-state index in [1.807, 2.05) is 0 Å². The molecule has 0 aliphatic rings. The summed E-state index contributed by atoms with van der Waals surface area (Å²) in [6, 6.07) is 3.10. The highest BCUT2D eigenvalue weighted by Gasteiger charge is 2.30. The minimum absolute atomic E-state index is 0.167. The molecule has 2 rings (SSSR count). The summed E-state index contributed by atoms with van der Waals surface area (Å²) in [5, 5.41) is 8.77. The van der Waals surface area contributed by atoms with E-state index >= 15 is 0 Å². The van der Waals surface area contributed by atoms with E-state index in [-0.39, 0.29) is 5.56 Å². The van der Waals surface area contributed by atoms with Crippen molar-refractivity contribution in [2.75, 3.05) is 5.73 Å². The third kappa shape index (κ3) is 2.69. The third-order valence-corrected chi connectivity index (χ3v) is 2.80. The summed E-state index contributed by atoms with van der Waals surface area (Å²) in [6.45, 7) is 0. The molecule has 116 valence electrons. The van der Waals surface area contributed by atoms with Crippen molar-refractivity contribution >= 4 is 11.7 Å². The van der Waals surface area contributed by atoms with E-state index in [0.717, 1.165) is 12.1 Å². The average Bonchev–Trinajstić information content (AvgIpc) is 2.44. The Bertz CT molecular complexity index is 742. The molecule has 0 saturated heterocycles. The first-order valence-electron chi connectivity index (χ1n) is 5.68. The summed E-state index contributed by atoms with van der Waals surface area (Å²) >= 11 is 0. The Morgan fingerprint density at radius 2 is 1.64 bits per heavy atom. The zero-order chi connectivity index (χ0) is 16.7. The van der Waals surface area contributed by atoms with Gasteiger partial charge in [-0.25, -0.2) is 18.6 Å². The zero-order valence-corrected chi connectivity index (χ0v) is 10.6. The lowest BCUT2D eigenvalue weighted by Crippen LogP contribution is -2.11. The van der Waals surface area contributed by atoms with Crippen LogP contribution in [0, 0.1) is 11.6 Å². The van der Waals surface area contributed by atoms with Crippen molar-refractivity contribution in [2.45, 2.75) is 6.18 Å². The van der Waals surface area contributed by atoms with Gasteiger partial charge in [-0.3, -0.25) is 0 Å². The predicted molar refractivity (Wildman–Crippen MR) is 66.0 cm³/mol. The quantitative estimate of drug-likeness (QED) is 0.833. The highest BCUT2D eigenvalue weighted by molar-refractivity contribution is 5.88. The van der Waals surface area contributed by atoms with Crippen molar-refractivity contribution in [3.8, 4) is 11.3 Å². The van der Waals surface area contributed by atoms with E-state index in [2.05, 4.69) is 4.98 Å². The summed E-state index contributed by atoms with van der Waals surface area (Å²) in [4.78, 5) is 14.1. The number of pyridine rings is 1. The Hall–Kier alpha value is -2.71. The Labute approximate surface area is 120 Å². The number of hydrogen-bond donors (Lipinski definition) is 2. The van der Waals surface area contributed by atoms with Gasteiger partial charge in [-0.1, -0.05) is 12.1 Å². The Morgan fingerprint density at radius 1 is 1.09 bits per heavy atom. The number of carbonyl (C=O) groups is 1. The first-order chi connectivity index (χ1) is 10.1. The molecule has 0 aliphatic carbocycles. The molecule has 2 aromatic rings. The molecule has 0 saturated carbocycles. The molecule has 0 unspecified atom stereocenters. The number of hydrogen-bond acceptors (Lipinski definition) is 3. The van der Waals surface area contributed by atoms with Crippen molar-refractivity contribution in [1.82, 2.24) is 4.98 Å². The molecule has 1 aromatic carbocycles. The summed E-state index contributed by atoms with van der Waals surface area (Å²) in [5.41, 5.74) is 1.14. The van der Waals surface area contributed by atoms with Gasteiger partial charge in [0, 0.05) is 5.56 Å². The monoisotopic (exact) mass is 318 g/mol. The fraction of sp³-hybridized carbons (Fsp3) is 0.0769. The average molecular weight is 318 g/mol. The number of halogens is 5. The van der Waals surface area contributed by atoms with Crippen LogP contribution >= 0.6 is 0 Å². The first kappa shape index (κ1) is 15.7. The van der Waals surface area contributed by atoms with Crippen LogP contribution in [0.5, 0.6) is 0 Å². The molecule has 22 heavy (non-hydrogen) atoms. The molecule has 0 bridgehead atoms. The minimum Gasteiger partial charge on any atom is -0.476 e. The second-order valence-corrected chi connectivity index (χ2v) is 4.23. The minimum atomic E-state index is -4.58. The second-order valence-electron chi connectivity index (χ2n) is 4.23. The normalized spacial score (nSPS) is 11.5. The molecule has 0 aliphatic heterocycles. The van der Waals surface area contributed by atoms with Gasteiger partial charge < -0.3 is 10.8 Å². The van der Waals surface area contributed by atoms with Gasteiger partial charge in [0.25, 0.3) is 0 Å². The lowest BCUT2D eigenvalue weighted by molar-refractivity contribution is -0.137. The molecule has 1 heterocycles. The fourth-order valence-electron chi connectivity index (χ4n) is 1.71. The molecule has 3 N–H and O–H groups in total. The topological polar surface area (TPSA) is 76.2 Å². The first-order valence-corrected chi connectivity index (χ1v) is 5.68.